The van der Waals surface area contributed by atoms with E-state index in [1.54, 1.807) is 6.07 Å². The van der Waals surface area contributed by atoms with Crippen molar-refractivity contribution in [3.8, 4) is 0 Å². The van der Waals surface area contributed by atoms with E-state index >= 15 is 0 Å². The highest BCUT2D eigenvalue weighted by Gasteiger charge is 2.22. The third-order valence-corrected chi connectivity index (χ3v) is 5.44. The maximum atomic E-state index is 12.9. The van der Waals surface area contributed by atoms with E-state index in [4.69, 9.17) is 9.47 Å². The first-order valence-corrected chi connectivity index (χ1v) is 12.2. The third kappa shape index (κ3) is 11.2. The molecular formula is C27H42O4. The number of ether oxygens (including phenoxy) is 2. The molecule has 0 spiro atoms. The zero-order chi connectivity index (χ0) is 22.7. The van der Waals surface area contributed by atoms with Gasteiger partial charge in [0.1, 0.15) is 6.61 Å². The Morgan fingerprint density at radius 2 is 1.42 bits per heavy atom. The first-order chi connectivity index (χ1) is 15.2. The van der Waals surface area contributed by atoms with Gasteiger partial charge in [-0.1, -0.05) is 103 Å². The lowest BCUT2D eigenvalue weighted by atomic mass is 9.96. The van der Waals surface area contributed by atoms with E-state index in [-0.39, 0.29) is 6.61 Å². The van der Waals surface area contributed by atoms with E-state index < -0.39 is 11.9 Å². The van der Waals surface area contributed by atoms with E-state index in [0.29, 0.717) is 17.7 Å². The minimum absolute atomic E-state index is 0.118. The molecule has 0 aromatic heterocycles. The molecule has 31 heavy (non-hydrogen) atoms. The molecule has 0 heterocycles. The average Bonchev–Trinajstić information content (AvgIpc) is 2.78. The summed E-state index contributed by atoms with van der Waals surface area (Å²) < 4.78 is 10.8. The molecule has 4 heteroatoms. The number of hydrogen-bond acceptors (Lipinski definition) is 4. The first-order valence-electron chi connectivity index (χ1n) is 12.2. The van der Waals surface area contributed by atoms with Crippen molar-refractivity contribution in [2.75, 3.05) is 13.2 Å². The summed E-state index contributed by atoms with van der Waals surface area (Å²) in [5.74, 6) is -0.920. The minimum atomic E-state index is -0.504. The molecule has 1 aromatic rings. The number of carbonyl (C=O) groups excluding carboxylic acids is 2. The van der Waals surface area contributed by atoms with Crippen molar-refractivity contribution < 1.29 is 19.1 Å². The van der Waals surface area contributed by atoms with Gasteiger partial charge in [0.15, 0.2) is 0 Å². The Kier molecular flexibility index (Phi) is 15.3. The van der Waals surface area contributed by atoms with Crippen LogP contribution in [0.5, 0.6) is 0 Å². The van der Waals surface area contributed by atoms with Crippen LogP contribution in [-0.4, -0.2) is 25.2 Å². The van der Waals surface area contributed by atoms with E-state index in [1.165, 1.54) is 57.4 Å². The largest absolute Gasteiger partial charge is 0.462 e. The molecule has 0 aliphatic carbocycles. The van der Waals surface area contributed by atoms with Crippen molar-refractivity contribution in [2.45, 2.75) is 97.3 Å². The summed E-state index contributed by atoms with van der Waals surface area (Å²) in [5.41, 5.74) is 1.53. The molecule has 0 atom stereocenters. The van der Waals surface area contributed by atoms with Gasteiger partial charge in [-0.05, 0) is 30.9 Å². The topological polar surface area (TPSA) is 52.6 Å². The van der Waals surface area contributed by atoms with Gasteiger partial charge in [-0.2, -0.15) is 0 Å². The normalized spacial score (nSPS) is 10.6. The highest BCUT2D eigenvalue weighted by molar-refractivity contribution is 6.04. The number of carbonyl (C=O) groups is 2. The maximum Gasteiger partial charge on any atom is 0.339 e. The Labute approximate surface area is 189 Å². The third-order valence-electron chi connectivity index (χ3n) is 5.44. The molecule has 0 N–H and O–H groups in total. The highest BCUT2D eigenvalue weighted by Crippen LogP contribution is 2.21. The molecule has 0 saturated carbocycles. The quantitative estimate of drug-likeness (QED) is 0.138. The van der Waals surface area contributed by atoms with Gasteiger partial charge < -0.3 is 9.47 Å². The van der Waals surface area contributed by atoms with Gasteiger partial charge in [-0.15, -0.1) is 0 Å². The number of esters is 2. The first kappa shape index (κ1) is 26.9. The second-order valence-corrected chi connectivity index (χ2v) is 8.15. The fraction of sp³-hybridized carbons (Fsp3) is 0.630. The van der Waals surface area contributed by atoms with Crippen LogP contribution in [0.15, 0.2) is 30.9 Å². The smallest absolute Gasteiger partial charge is 0.339 e. The molecule has 174 valence electrons. The number of hydrogen-bond donors (Lipinski definition) is 0. The fourth-order valence-corrected chi connectivity index (χ4v) is 3.65. The molecule has 0 radical (unpaired) electrons. The Morgan fingerprint density at radius 3 is 2.06 bits per heavy atom. The number of benzene rings is 1. The average molecular weight is 431 g/mol. The van der Waals surface area contributed by atoms with Crippen LogP contribution in [0.1, 0.15) is 117 Å². The van der Waals surface area contributed by atoms with Crippen molar-refractivity contribution >= 4 is 11.9 Å². The molecule has 1 aromatic carbocycles. The van der Waals surface area contributed by atoms with Crippen LogP contribution in [0.4, 0.5) is 0 Å². The van der Waals surface area contributed by atoms with Crippen LogP contribution in [0.2, 0.25) is 0 Å². The predicted molar refractivity (Wildman–Crippen MR) is 128 cm³/mol. The molecule has 0 bridgehead atoms. The van der Waals surface area contributed by atoms with Gasteiger partial charge in [0.2, 0.25) is 0 Å². The summed E-state index contributed by atoms with van der Waals surface area (Å²) in [6, 6.07) is 5.40. The van der Waals surface area contributed by atoms with E-state index in [9.17, 15) is 9.59 Å². The van der Waals surface area contributed by atoms with Crippen molar-refractivity contribution in [3.05, 3.63) is 47.5 Å². The highest BCUT2D eigenvalue weighted by atomic mass is 16.5. The Bertz CT molecular complexity index is 651. The fourth-order valence-electron chi connectivity index (χ4n) is 3.65. The molecule has 4 nitrogen and oxygen atoms in total. The second-order valence-electron chi connectivity index (χ2n) is 8.15. The Balaban J connectivity index is 2.76. The molecule has 0 amide bonds. The van der Waals surface area contributed by atoms with Crippen molar-refractivity contribution in [1.82, 2.24) is 0 Å². The SMILES string of the molecule is C=CCOC(=O)c1cccc(CCCCCCCC)c1C(=O)OCCCCCCCC. The van der Waals surface area contributed by atoms with Crippen LogP contribution in [0.25, 0.3) is 0 Å². The van der Waals surface area contributed by atoms with Gasteiger partial charge >= 0.3 is 11.9 Å². The molecule has 0 aliphatic rings. The van der Waals surface area contributed by atoms with Gasteiger partial charge in [-0.3, -0.25) is 0 Å². The zero-order valence-corrected chi connectivity index (χ0v) is 19.8. The summed E-state index contributed by atoms with van der Waals surface area (Å²) in [6.45, 7) is 8.49. The van der Waals surface area contributed by atoms with Gasteiger partial charge in [0.05, 0.1) is 17.7 Å². The summed E-state index contributed by atoms with van der Waals surface area (Å²) in [7, 11) is 0. The second kappa shape index (κ2) is 17.6. The Morgan fingerprint density at radius 1 is 0.806 bits per heavy atom. The van der Waals surface area contributed by atoms with E-state index in [2.05, 4.69) is 20.4 Å². The van der Waals surface area contributed by atoms with E-state index in [1.807, 2.05) is 12.1 Å². The molecule has 0 aliphatic heterocycles. The van der Waals surface area contributed by atoms with Crippen LogP contribution in [-0.2, 0) is 15.9 Å². The molecule has 0 fully saturated rings. The molecule has 0 unspecified atom stereocenters. The lowest BCUT2D eigenvalue weighted by Gasteiger charge is -2.14. The standard InChI is InChI=1S/C27H42O4/c1-4-7-9-11-13-15-18-23-19-17-20-24(26(28)30-21-6-3)25(23)27(29)31-22-16-14-12-10-8-5-2/h6,17,19-20H,3-5,7-16,18,21-22H2,1-2H3. The van der Waals surface area contributed by atoms with Crippen molar-refractivity contribution in [3.63, 3.8) is 0 Å². The van der Waals surface area contributed by atoms with Crippen LogP contribution < -0.4 is 0 Å². The summed E-state index contributed by atoms with van der Waals surface area (Å²) in [6.07, 6.45) is 16.1. The minimum Gasteiger partial charge on any atom is -0.462 e. The van der Waals surface area contributed by atoms with Gasteiger partial charge in [0.25, 0.3) is 0 Å². The van der Waals surface area contributed by atoms with E-state index in [0.717, 1.165) is 37.7 Å². The monoisotopic (exact) mass is 430 g/mol. The van der Waals surface area contributed by atoms with Gasteiger partial charge in [0, 0.05) is 0 Å². The Hall–Kier alpha value is -2.10. The number of rotatable bonds is 18. The lowest BCUT2D eigenvalue weighted by Crippen LogP contribution is -2.17. The van der Waals surface area contributed by atoms with Crippen LogP contribution >= 0.6 is 0 Å². The lowest BCUT2D eigenvalue weighted by molar-refractivity contribution is 0.0468. The summed E-state index contributed by atoms with van der Waals surface area (Å²) in [4.78, 5) is 25.5. The molecule has 1 rings (SSSR count). The van der Waals surface area contributed by atoms with Crippen LogP contribution in [0, 0.1) is 0 Å². The predicted octanol–water partition coefficient (Wildman–Crippen LogP) is 7.45. The maximum absolute atomic E-state index is 12.9. The summed E-state index contributed by atoms with van der Waals surface area (Å²) in [5, 5.41) is 0. The summed E-state index contributed by atoms with van der Waals surface area (Å²) >= 11 is 0. The van der Waals surface area contributed by atoms with Gasteiger partial charge in [-0.25, -0.2) is 9.59 Å². The zero-order valence-electron chi connectivity index (χ0n) is 19.8. The number of aryl methyl sites for hydroxylation is 1. The molecular weight excluding hydrogens is 388 g/mol. The molecule has 0 saturated heterocycles. The van der Waals surface area contributed by atoms with Crippen LogP contribution in [0.3, 0.4) is 0 Å². The van der Waals surface area contributed by atoms with Crippen molar-refractivity contribution in [2.24, 2.45) is 0 Å². The number of unbranched alkanes of at least 4 members (excludes halogenated alkanes) is 10. The van der Waals surface area contributed by atoms with Crippen molar-refractivity contribution in [1.29, 1.82) is 0 Å².